The molecule has 1 aromatic rings. The Balaban J connectivity index is 2.44. The third-order valence-corrected chi connectivity index (χ3v) is 4.17. The zero-order chi connectivity index (χ0) is 17.2. The minimum atomic E-state index is -0.468. The highest BCUT2D eigenvalue weighted by atomic mass is 32.1. The standard InChI is InChI=1S/C18H23N3OS/c1-6-7-19-17(23)21-20-15-14-12(3)8-11(2)9-13(14)10-18(4,5)16(15)22/h6,8-9H,1,7,10H2,2-5H3,(H2,19,21,23)/b20-15+. The molecule has 4 nitrogen and oxygen atoms in total. The van der Waals surface area contributed by atoms with Gasteiger partial charge in [0.05, 0.1) is 0 Å². The molecule has 0 saturated carbocycles. The van der Waals surface area contributed by atoms with Crippen LogP contribution in [0.1, 0.15) is 36.1 Å². The minimum absolute atomic E-state index is 0.0379. The second-order valence-electron chi connectivity index (χ2n) is 6.58. The van der Waals surface area contributed by atoms with Gasteiger partial charge in [0, 0.05) is 17.5 Å². The summed E-state index contributed by atoms with van der Waals surface area (Å²) < 4.78 is 0. The average Bonchev–Trinajstić information content (AvgIpc) is 2.45. The summed E-state index contributed by atoms with van der Waals surface area (Å²) in [4.78, 5) is 12.8. The maximum Gasteiger partial charge on any atom is 0.189 e. The fourth-order valence-electron chi connectivity index (χ4n) is 2.94. The van der Waals surface area contributed by atoms with Gasteiger partial charge in [0.15, 0.2) is 10.9 Å². The van der Waals surface area contributed by atoms with Crippen molar-refractivity contribution in [3.8, 4) is 0 Å². The van der Waals surface area contributed by atoms with E-state index in [1.165, 1.54) is 5.56 Å². The third-order valence-electron chi connectivity index (χ3n) is 3.94. The average molecular weight is 329 g/mol. The number of nitrogens with one attached hydrogen (secondary N) is 2. The molecule has 122 valence electrons. The first-order chi connectivity index (χ1) is 10.8. The minimum Gasteiger partial charge on any atom is -0.358 e. The van der Waals surface area contributed by atoms with E-state index in [0.717, 1.165) is 23.1 Å². The molecule has 0 saturated heterocycles. The first-order valence-corrected chi connectivity index (χ1v) is 8.05. The number of nitrogens with zero attached hydrogens (tertiary/aromatic N) is 1. The van der Waals surface area contributed by atoms with Gasteiger partial charge in [-0.3, -0.25) is 10.2 Å². The smallest absolute Gasteiger partial charge is 0.189 e. The highest BCUT2D eigenvalue weighted by Gasteiger charge is 2.39. The zero-order valence-electron chi connectivity index (χ0n) is 14.1. The van der Waals surface area contributed by atoms with Crippen molar-refractivity contribution in [1.29, 1.82) is 0 Å². The van der Waals surface area contributed by atoms with Crippen molar-refractivity contribution in [1.82, 2.24) is 10.7 Å². The van der Waals surface area contributed by atoms with Crippen LogP contribution in [0.2, 0.25) is 0 Å². The Labute approximate surface area is 143 Å². The second-order valence-corrected chi connectivity index (χ2v) is 6.98. The Morgan fingerprint density at radius 3 is 2.78 bits per heavy atom. The van der Waals surface area contributed by atoms with Crippen molar-refractivity contribution in [3.63, 3.8) is 0 Å². The fraction of sp³-hybridized carbons (Fsp3) is 0.389. The normalized spacial score (nSPS) is 17.6. The predicted molar refractivity (Wildman–Crippen MR) is 98.9 cm³/mol. The molecule has 0 spiro atoms. The lowest BCUT2D eigenvalue weighted by Gasteiger charge is -2.31. The van der Waals surface area contributed by atoms with Gasteiger partial charge in [-0.2, -0.15) is 5.10 Å². The van der Waals surface area contributed by atoms with E-state index in [2.05, 4.69) is 41.5 Å². The third kappa shape index (κ3) is 3.67. The first kappa shape index (κ1) is 17.3. The topological polar surface area (TPSA) is 53.5 Å². The quantitative estimate of drug-likeness (QED) is 0.509. The number of carbonyl (C=O) groups excluding carboxylic acids is 1. The summed E-state index contributed by atoms with van der Waals surface area (Å²) >= 11 is 5.15. The molecule has 1 aliphatic carbocycles. The van der Waals surface area contributed by atoms with E-state index in [0.29, 0.717) is 17.4 Å². The maximum absolute atomic E-state index is 12.8. The molecule has 2 rings (SSSR count). The van der Waals surface area contributed by atoms with Gasteiger partial charge in [-0.15, -0.1) is 6.58 Å². The maximum atomic E-state index is 12.8. The van der Waals surface area contributed by atoms with Gasteiger partial charge < -0.3 is 5.32 Å². The van der Waals surface area contributed by atoms with Gasteiger partial charge in [-0.1, -0.05) is 37.6 Å². The van der Waals surface area contributed by atoms with Crippen LogP contribution in [0.4, 0.5) is 0 Å². The van der Waals surface area contributed by atoms with Gasteiger partial charge in [0.1, 0.15) is 5.71 Å². The van der Waals surface area contributed by atoms with Crippen LogP contribution >= 0.6 is 12.2 Å². The molecule has 0 fully saturated rings. The summed E-state index contributed by atoms with van der Waals surface area (Å²) in [6, 6.07) is 4.22. The van der Waals surface area contributed by atoms with Gasteiger partial charge >= 0.3 is 0 Å². The van der Waals surface area contributed by atoms with Crippen molar-refractivity contribution in [2.45, 2.75) is 34.1 Å². The molecule has 2 N–H and O–H groups in total. The molecule has 1 aromatic carbocycles. The molecule has 5 heteroatoms. The summed E-state index contributed by atoms with van der Waals surface area (Å²) in [6.45, 7) is 12.2. The lowest BCUT2D eigenvalue weighted by atomic mass is 9.71. The molecular weight excluding hydrogens is 306 g/mol. The molecule has 0 unspecified atom stereocenters. The number of rotatable bonds is 3. The van der Waals surface area contributed by atoms with Crippen molar-refractivity contribution >= 4 is 28.8 Å². The Bertz CT molecular complexity index is 704. The largest absolute Gasteiger partial charge is 0.358 e. The second kappa shape index (κ2) is 6.62. The summed E-state index contributed by atoms with van der Waals surface area (Å²) in [5.41, 5.74) is 7.12. The molecule has 0 atom stereocenters. The fourth-order valence-corrected chi connectivity index (χ4v) is 3.07. The summed E-state index contributed by atoms with van der Waals surface area (Å²) in [6.07, 6.45) is 2.43. The van der Waals surface area contributed by atoms with Crippen LogP contribution in [-0.4, -0.2) is 23.2 Å². The number of aryl methyl sites for hydroxylation is 2. The number of fused-ring (bicyclic) bond motifs is 1. The number of hydrazone groups is 1. The Morgan fingerprint density at radius 2 is 2.13 bits per heavy atom. The molecule has 0 radical (unpaired) electrons. The predicted octanol–water partition coefficient (Wildman–Crippen LogP) is 2.81. The Morgan fingerprint density at radius 1 is 1.43 bits per heavy atom. The van der Waals surface area contributed by atoms with Gasteiger partial charge in [0.25, 0.3) is 0 Å². The van der Waals surface area contributed by atoms with Crippen LogP contribution < -0.4 is 10.7 Å². The number of hydrogen-bond donors (Lipinski definition) is 2. The van der Waals surface area contributed by atoms with E-state index in [9.17, 15) is 4.79 Å². The summed E-state index contributed by atoms with van der Waals surface area (Å²) in [5, 5.41) is 7.64. The van der Waals surface area contributed by atoms with Crippen molar-refractivity contribution in [2.24, 2.45) is 10.5 Å². The van der Waals surface area contributed by atoms with Crippen molar-refractivity contribution < 1.29 is 4.79 Å². The van der Waals surface area contributed by atoms with Gasteiger partial charge in [-0.05, 0) is 43.6 Å². The number of benzene rings is 1. The van der Waals surface area contributed by atoms with E-state index in [-0.39, 0.29) is 5.78 Å². The number of carbonyl (C=O) groups is 1. The molecule has 0 aliphatic heterocycles. The number of ketones is 1. The first-order valence-electron chi connectivity index (χ1n) is 7.64. The number of hydrogen-bond acceptors (Lipinski definition) is 3. The molecular formula is C18H23N3OS. The lowest BCUT2D eigenvalue weighted by Crippen LogP contribution is -2.41. The number of Topliss-reactive ketones (excluding diaryl/α,β-unsaturated/α-hetero) is 1. The van der Waals surface area contributed by atoms with Crippen LogP contribution in [0.5, 0.6) is 0 Å². The monoisotopic (exact) mass is 329 g/mol. The molecule has 0 bridgehead atoms. The number of thiocarbonyl (C=S) groups is 1. The van der Waals surface area contributed by atoms with E-state index in [4.69, 9.17) is 12.2 Å². The van der Waals surface area contributed by atoms with E-state index >= 15 is 0 Å². The molecule has 0 amide bonds. The molecule has 0 aromatic heterocycles. The summed E-state index contributed by atoms with van der Waals surface area (Å²) in [7, 11) is 0. The van der Waals surface area contributed by atoms with Crippen LogP contribution in [-0.2, 0) is 11.2 Å². The highest BCUT2D eigenvalue weighted by molar-refractivity contribution is 7.80. The van der Waals surface area contributed by atoms with Crippen molar-refractivity contribution in [2.75, 3.05) is 6.54 Å². The summed E-state index contributed by atoms with van der Waals surface area (Å²) in [5.74, 6) is 0.0379. The van der Waals surface area contributed by atoms with Crippen LogP contribution in [0, 0.1) is 19.3 Å². The highest BCUT2D eigenvalue weighted by Crippen LogP contribution is 2.34. The van der Waals surface area contributed by atoms with Crippen LogP contribution in [0.25, 0.3) is 0 Å². The van der Waals surface area contributed by atoms with E-state index in [1.54, 1.807) is 6.08 Å². The SMILES string of the molecule is C=CCNC(=S)N/N=C1/C(=O)C(C)(C)Cc2cc(C)cc(C)c21. The van der Waals surface area contributed by atoms with Gasteiger partial charge in [-0.25, -0.2) is 0 Å². The van der Waals surface area contributed by atoms with Crippen LogP contribution in [0.15, 0.2) is 29.9 Å². The van der Waals surface area contributed by atoms with E-state index in [1.807, 2.05) is 20.8 Å². The zero-order valence-corrected chi connectivity index (χ0v) is 14.9. The molecule has 0 heterocycles. The Kier molecular flexibility index (Phi) is 5.00. The lowest BCUT2D eigenvalue weighted by molar-refractivity contribution is -0.120. The van der Waals surface area contributed by atoms with Crippen LogP contribution in [0.3, 0.4) is 0 Å². The molecule has 1 aliphatic rings. The Hall–Kier alpha value is -2.01. The van der Waals surface area contributed by atoms with Crippen molar-refractivity contribution in [3.05, 3.63) is 47.0 Å². The van der Waals surface area contributed by atoms with Gasteiger partial charge in [0.2, 0.25) is 0 Å². The molecule has 23 heavy (non-hydrogen) atoms. The van der Waals surface area contributed by atoms with E-state index < -0.39 is 5.41 Å².